The summed E-state index contributed by atoms with van der Waals surface area (Å²) in [7, 11) is 0. The molecule has 13 heteroatoms. The molecule has 38 heavy (non-hydrogen) atoms. The Labute approximate surface area is 236 Å². The van der Waals surface area contributed by atoms with Gasteiger partial charge in [0.15, 0.2) is 0 Å². The van der Waals surface area contributed by atoms with Crippen molar-refractivity contribution >= 4 is 46.8 Å². The number of halogens is 2. The molecular weight excluding hydrogens is 559 g/mol. The van der Waals surface area contributed by atoms with E-state index in [2.05, 4.69) is 17.6 Å². The molecule has 6 N–H and O–H groups in total. The SMILES string of the molecule is CCC[C@H]1CN[C@H](C(=O)N[C@@H]([C@H]2O[C@H](SCCOC(=O)c3ccc(Cl)cc3Cl)[C@H](O)[C@@H](O)[C@H]2O)[C@@H](C)O)C1. The van der Waals surface area contributed by atoms with Gasteiger partial charge in [0.2, 0.25) is 5.91 Å². The number of nitrogens with one attached hydrogen (secondary N) is 2. The van der Waals surface area contributed by atoms with Crippen molar-refractivity contribution in [3.63, 3.8) is 0 Å². The normalized spacial score (nSPS) is 31.0. The fourth-order valence-electron chi connectivity index (χ4n) is 4.72. The van der Waals surface area contributed by atoms with Crippen LogP contribution in [0.5, 0.6) is 0 Å². The van der Waals surface area contributed by atoms with Crippen molar-refractivity contribution in [3.8, 4) is 0 Å². The van der Waals surface area contributed by atoms with Gasteiger partial charge in [0.25, 0.3) is 0 Å². The lowest BCUT2D eigenvalue weighted by atomic mass is 9.92. The van der Waals surface area contributed by atoms with Crippen molar-refractivity contribution in [2.24, 2.45) is 5.92 Å². The Kier molecular flexibility index (Phi) is 12.0. The second-order valence-electron chi connectivity index (χ2n) is 9.70. The third-order valence-corrected chi connectivity index (χ3v) is 8.44. The summed E-state index contributed by atoms with van der Waals surface area (Å²) >= 11 is 12.9. The zero-order valence-corrected chi connectivity index (χ0v) is 23.6. The van der Waals surface area contributed by atoms with Crippen molar-refractivity contribution in [1.29, 1.82) is 0 Å². The number of carbonyl (C=O) groups excluding carboxylic acids is 2. The molecule has 0 spiro atoms. The van der Waals surface area contributed by atoms with Crippen molar-refractivity contribution in [1.82, 2.24) is 10.6 Å². The third-order valence-electron chi connectivity index (χ3n) is 6.77. The molecule has 1 amide bonds. The molecule has 2 heterocycles. The summed E-state index contributed by atoms with van der Waals surface area (Å²) < 4.78 is 11.1. The number of carbonyl (C=O) groups is 2. The Hall–Kier alpha value is -1.15. The van der Waals surface area contributed by atoms with Crippen LogP contribution in [0.2, 0.25) is 10.0 Å². The molecule has 0 radical (unpaired) electrons. The van der Waals surface area contributed by atoms with E-state index < -0.39 is 54.0 Å². The van der Waals surface area contributed by atoms with E-state index in [4.69, 9.17) is 32.7 Å². The van der Waals surface area contributed by atoms with Crippen LogP contribution in [-0.4, -0.2) is 99.2 Å². The standard InChI is InChI=1S/C25H36Cl2N2O8S/c1-3-4-13-9-17(28-11-13)23(34)29-18(12(2)30)22-20(32)19(31)21(33)25(37-22)38-8-7-36-24(35)15-6-5-14(26)10-16(15)27/h5-6,10,12-13,17-22,25,28,30-33H,3-4,7-9,11H2,1-2H3,(H,29,34)/t12-,13-,17+,18-,19+,20-,21-,22-,25-/m1/s1. The van der Waals surface area contributed by atoms with E-state index in [0.717, 1.165) is 31.1 Å². The van der Waals surface area contributed by atoms with Gasteiger partial charge in [-0.15, -0.1) is 11.8 Å². The second kappa shape index (κ2) is 14.5. The number of aliphatic hydroxyl groups excluding tert-OH is 4. The summed E-state index contributed by atoms with van der Waals surface area (Å²) in [6.45, 7) is 4.21. The number of hydrogen-bond acceptors (Lipinski definition) is 10. The number of amides is 1. The average Bonchev–Trinajstić information content (AvgIpc) is 3.34. The maximum absolute atomic E-state index is 12.9. The molecule has 9 atom stereocenters. The third kappa shape index (κ3) is 7.96. The van der Waals surface area contributed by atoms with Crippen LogP contribution in [0.15, 0.2) is 18.2 Å². The summed E-state index contributed by atoms with van der Waals surface area (Å²) in [6, 6.07) is 2.92. The van der Waals surface area contributed by atoms with Gasteiger partial charge >= 0.3 is 5.97 Å². The van der Waals surface area contributed by atoms with Gasteiger partial charge in [-0.2, -0.15) is 0 Å². The minimum Gasteiger partial charge on any atom is -0.461 e. The first-order valence-electron chi connectivity index (χ1n) is 12.7. The largest absolute Gasteiger partial charge is 0.461 e. The lowest BCUT2D eigenvalue weighted by molar-refractivity contribution is -0.211. The van der Waals surface area contributed by atoms with Crippen molar-refractivity contribution in [3.05, 3.63) is 33.8 Å². The lowest BCUT2D eigenvalue weighted by Gasteiger charge is -2.44. The Balaban J connectivity index is 1.57. The number of benzene rings is 1. The number of thioether (sulfide) groups is 1. The van der Waals surface area contributed by atoms with Crippen LogP contribution in [0.4, 0.5) is 0 Å². The summed E-state index contributed by atoms with van der Waals surface area (Å²) in [5, 5.41) is 48.5. The first-order valence-corrected chi connectivity index (χ1v) is 14.5. The summed E-state index contributed by atoms with van der Waals surface area (Å²) in [6.07, 6.45) is -4.22. The number of ether oxygens (including phenoxy) is 2. The Bertz CT molecular complexity index is 958. The highest BCUT2D eigenvalue weighted by molar-refractivity contribution is 7.99. The fraction of sp³-hybridized carbons (Fsp3) is 0.680. The molecule has 2 fully saturated rings. The molecule has 2 aliphatic rings. The smallest absolute Gasteiger partial charge is 0.339 e. The molecule has 0 saturated carbocycles. The van der Waals surface area contributed by atoms with Crippen molar-refractivity contribution < 1.29 is 39.5 Å². The van der Waals surface area contributed by atoms with Gasteiger partial charge in [-0.25, -0.2) is 4.79 Å². The monoisotopic (exact) mass is 594 g/mol. The van der Waals surface area contributed by atoms with Crippen LogP contribution in [0, 0.1) is 5.92 Å². The molecule has 2 saturated heterocycles. The summed E-state index contributed by atoms with van der Waals surface area (Å²) in [5.41, 5.74) is -0.866. The van der Waals surface area contributed by atoms with Gasteiger partial charge in [0.1, 0.15) is 36.5 Å². The van der Waals surface area contributed by atoms with Crippen molar-refractivity contribution in [2.75, 3.05) is 18.9 Å². The molecule has 2 aliphatic heterocycles. The highest BCUT2D eigenvalue weighted by Crippen LogP contribution is 2.31. The lowest BCUT2D eigenvalue weighted by Crippen LogP contribution is -2.65. The van der Waals surface area contributed by atoms with E-state index in [1.54, 1.807) is 0 Å². The first-order chi connectivity index (χ1) is 18.0. The van der Waals surface area contributed by atoms with E-state index >= 15 is 0 Å². The molecule has 1 aromatic rings. The maximum Gasteiger partial charge on any atom is 0.339 e. The number of esters is 1. The predicted molar refractivity (Wildman–Crippen MR) is 144 cm³/mol. The molecule has 0 aromatic heterocycles. The average molecular weight is 596 g/mol. The quantitative estimate of drug-likeness (QED) is 0.163. The van der Waals surface area contributed by atoms with Crippen LogP contribution in [0.3, 0.4) is 0 Å². The molecule has 214 valence electrons. The Morgan fingerprint density at radius 1 is 1.24 bits per heavy atom. The Morgan fingerprint density at radius 2 is 1.97 bits per heavy atom. The first kappa shape index (κ1) is 31.4. The topological polar surface area (TPSA) is 158 Å². The zero-order valence-electron chi connectivity index (χ0n) is 21.3. The van der Waals surface area contributed by atoms with E-state index in [9.17, 15) is 30.0 Å². The van der Waals surface area contributed by atoms with Gasteiger partial charge in [0, 0.05) is 10.8 Å². The van der Waals surface area contributed by atoms with E-state index in [0.29, 0.717) is 17.4 Å². The van der Waals surface area contributed by atoms with Crippen molar-refractivity contribution in [2.45, 2.75) is 81.1 Å². The van der Waals surface area contributed by atoms with E-state index in [1.807, 2.05) is 0 Å². The number of rotatable bonds is 11. The molecule has 3 rings (SSSR count). The van der Waals surface area contributed by atoms with Gasteiger partial charge in [-0.05, 0) is 50.4 Å². The maximum atomic E-state index is 12.9. The number of aliphatic hydroxyl groups is 4. The summed E-state index contributed by atoms with van der Waals surface area (Å²) in [4.78, 5) is 25.2. The fourth-order valence-corrected chi connectivity index (χ4v) is 6.18. The Morgan fingerprint density at radius 3 is 2.63 bits per heavy atom. The number of hydrogen-bond donors (Lipinski definition) is 6. The van der Waals surface area contributed by atoms with Crippen LogP contribution in [-0.2, 0) is 14.3 Å². The predicted octanol–water partition coefficient (Wildman–Crippen LogP) is 1.33. The second-order valence-corrected chi connectivity index (χ2v) is 11.7. The summed E-state index contributed by atoms with van der Waals surface area (Å²) in [5.74, 6) is -0.405. The van der Waals surface area contributed by atoms with Gasteiger partial charge in [-0.3, -0.25) is 4.79 Å². The minimum atomic E-state index is -1.58. The highest BCUT2D eigenvalue weighted by atomic mass is 35.5. The van der Waals surface area contributed by atoms with Crippen LogP contribution in [0.1, 0.15) is 43.5 Å². The molecule has 0 bridgehead atoms. The van der Waals surface area contributed by atoms with E-state index in [-0.39, 0.29) is 28.9 Å². The molecule has 0 aliphatic carbocycles. The minimum absolute atomic E-state index is 0.0544. The zero-order chi connectivity index (χ0) is 28.0. The highest BCUT2D eigenvalue weighted by Gasteiger charge is 2.48. The van der Waals surface area contributed by atoms with Gasteiger partial charge in [0.05, 0.1) is 28.8 Å². The molecular formula is C25H36Cl2N2O8S. The van der Waals surface area contributed by atoms with Gasteiger partial charge < -0.3 is 40.5 Å². The van der Waals surface area contributed by atoms with E-state index in [1.165, 1.54) is 25.1 Å². The van der Waals surface area contributed by atoms with Crippen LogP contribution < -0.4 is 10.6 Å². The molecule has 1 aromatic carbocycles. The molecule has 0 unspecified atom stereocenters. The van der Waals surface area contributed by atoms with Crippen LogP contribution in [0.25, 0.3) is 0 Å². The van der Waals surface area contributed by atoms with Crippen LogP contribution >= 0.6 is 35.0 Å². The molecule has 10 nitrogen and oxygen atoms in total. The van der Waals surface area contributed by atoms with Gasteiger partial charge in [-0.1, -0.05) is 36.5 Å².